The van der Waals surface area contributed by atoms with Crippen LogP contribution in [-0.2, 0) is 4.43 Å². The maximum atomic E-state index is 8.67. The molecule has 13 nitrogen and oxygen atoms in total. The summed E-state index contributed by atoms with van der Waals surface area (Å²) >= 11 is 0. The third kappa shape index (κ3) is 41.7. The first-order valence-electron chi connectivity index (χ1n) is 19.8. The van der Waals surface area contributed by atoms with Crippen LogP contribution in [0, 0.1) is 0 Å². The van der Waals surface area contributed by atoms with Gasteiger partial charge in [0.1, 0.15) is 36.2 Å². The molecule has 8 N–H and O–H groups in total. The van der Waals surface area contributed by atoms with Gasteiger partial charge in [-0.1, -0.05) is 123 Å². The largest absolute Gasteiger partial charge is 0.508 e. The van der Waals surface area contributed by atoms with Gasteiger partial charge in [-0.05, 0) is 85.9 Å². The average Bonchev–Trinajstić information content (AvgIpc) is 3.22. The van der Waals surface area contributed by atoms with Crippen molar-refractivity contribution in [2.75, 3.05) is 59.5 Å². The Balaban J connectivity index is -0.000000101. The highest BCUT2D eigenvalue weighted by Gasteiger charge is 2.36. The molecule has 0 aliphatic heterocycles. The standard InChI is InChI=1S/2C11H16O3.C8H20O2Si.2C6H6O2.C3H8O.6CH4/c1-2-7-13-10-4-3-5-11(9-10)14-8-6-12;1-2-8-13-10-5-3-4-6-11(10)14-9-7-12;1-8(2,3)11(4,5)10-7-6-9;7-5-2-1-3-6(8)4-5;7-5-3-1-2-4-6(5)8;1-2-3-4;;;;;;/h3-5,9,12H,2,6-8H2,1H3;3-6,12H,2,7-9H2,1H3;9H,6-7H2,1-5H3;2*1-4,7-8H;4H,2-3H2,1H3;6*1H4. The van der Waals surface area contributed by atoms with Crippen molar-refractivity contribution in [3.63, 3.8) is 0 Å². The monoisotopic (exact) mass is 945 g/mol. The van der Waals surface area contributed by atoms with E-state index in [4.69, 9.17) is 64.2 Å². The van der Waals surface area contributed by atoms with E-state index < -0.39 is 8.32 Å². The minimum absolute atomic E-state index is 0. The zero-order valence-corrected chi connectivity index (χ0v) is 37.3. The van der Waals surface area contributed by atoms with E-state index in [1.165, 1.54) is 30.3 Å². The number of ether oxygens (including phenoxy) is 4. The highest BCUT2D eigenvalue weighted by Crippen LogP contribution is 2.36. The maximum Gasteiger partial charge on any atom is 0.192 e. The number of benzene rings is 4. The van der Waals surface area contributed by atoms with Crippen LogP contribution in [-0.4, -0.2) is 109 Å². The van der Waals surface area contributed by atoms with Crippen LogP contribution in [0.2, 0.25) is 18.1 Å². The Bertz CT molecular complexity index is 1480. The van der Waals surface area contributed by atoms with Crippen LogP contribution >= 0.6 is 0 Å². The molecule has 382 valence electrons. The van der Waals surface area contributed by atoms with Gasteiger partial charge in [-0.2, -0.15) is 0 Å². The van der Waals surface area contributed by atoms with Crippen molar-refractivity contribution in [3.05, 3.63) is 97.1 Å². The fourth-order valence-corrected chi connectivity index (χ4v) is 4.60. The molecule has 14 heteroatoms. The molecular weight excluding hydrogens is 849 g/mol. The normalized spacial score (nSPS) is 9.23. The van der Waals surface area contributed by atoms with Crippen LogP contribution in [0.25, 0.3) is 0 Å². The van der Waals surface area contributed by atoms with Gasteiger partial charge < -0.3 is 64.2 Å². The Hall–Kier alpha value is -4.70. The SMILES string of the molecule is C.C.C.C.C.C.CC(C)(C)[Si](C)(C)OCCO.CCCO.CCCOc1cccc(OCCO)c1.CCCOc1ccccc1OCCO.Oc1cccc(O)c1.Oc1ccccc1O. The summed E-state index contributed by atoms with van der Waals surface area (Å²) < 4.78 is 27.1. The highest BCUT2D eigenvalue weighted by molar-refractivity contribution is 6.74. The second-order valence-electron chi connectivity index (χ2n) is 13.8. The van der Waals surface area contributed by atoms with Crippen molar-refractivity contribution < 1.29 is 64.2 Å². The van der Waals surface area contributed by atoms with Gasteiger partial charge in [-0.15, -0.1) is 0 Å². The molecule has 0 heterocycles. The zero-order chi connectivity index (χ0) is 45.0. The number of hydrogen-bond acceptors (Lipinski definition) is 13. The summed E-state index contributed by atoms with van der Waals surface area (Å²) in [6, 6.07) is 26.9. The molecule has 0 spiro atoms. The van der Waals surface area contributed by atoms with E-state index in [1.54, 1.807) is 18.2 Å². The molecule has 0 aliphatic carbocycles. The Labute approximate surface area is 397 Å². The van der Waals surface area contributed by atoms with Crippen molar-refractivity contribution in [3.8, 4) is 46.0 Å². The molecular formula is C51H96O13Si. The van der Waals surface area contributed by atoms with Crippen molar-refractivity contribution in [2.45, 2.75) is 123 Å². The van der Waals surface area contributed by atoms with Crippen LogP contribution in [0.3, 0.4) is 0 Å². The third-order valence-corrected chi connectivity index (χ3v) is 12.1. The maximum absolute atomic E-state index is 8.67. The quantitative estimate of drug-likeness (QED) is 0.0389. The molecule has 4 aromatic rings. The van der Waals surface area contributed by atoms with Gasteiger partial charge in [0.15, 0.2) is 31.3 Å². The van der Waals surface area contributed by atoms with Crippen molar-refractivity contribution in [2.24, 2.45) is 0 Å². The fourth-order valence-electron chi connectivity index (χ4n) is 3.57. The number of phenolic OH excluding ortho intramolecular Hbond substituents is 4. The van der Waals surface area contributed by atoms with E-state index in [2.05, 4.69) is 47.7 Å². The van der Waals surface area contributed by atoms with E-state index >= 15 is 0 Å². The van der Waals surface area contributed by atoms with Crippen LogP contribution in [0.15, 0.2) is 97.1 Å². The molecule has 4 rings (SSSR count). The summed E-state index contributed by atoms with van der Waals surface area (Å²) in [5.41, 5.74) is 0. The van der Waals surface area contributed by atoms with Crippen molar-refractivity contribution in [1.29, 1.82) is 0 Å². The first-order valence-corrected chi connectivity index (χ1v) is 22.7. The summed E-state index contributed by atoms with van der Waals surface area (Å²) in [6.45, 7) is 20.0. The summed E-state index contributed by atoms with van der Waals surface area (Å²) in [5, 5.41) is 68.6. The summed E-state index contributed by atoms with van der Waals surface area (Å²) in [4.78, 5) is 0. The van der Waals surface area contributed by atoms with Crippen LogP contribution < -0.4 is 18.9 Å². The summed E-state index contributed by atoms with van der Waals surface area (Å²) in [5.74, 6) is 2.99. The lowest BCUT2D eigenvalue weighted by Crippen LogP contribution is -2.41. The number of aliphatic hydroxyl groups is 4. The lowest BCUT2D eigenvalue weighted by atomic mass is 10.2. The Morgan fingerprint density at radius 3 is 1.12 bits per heavy atom. The van der Waals surface area contributed by atoms with E-state index in [0.717, 1.165) is 36.5 Å². The molecule has 0 aromatic heterocycles. The highest BCUT2D eigenvalue weighted by atomic mass is 28.4. The van der Waals surface area contributed by atoms with E-state index in [-0.39, 0.29) is 92.4 Å². The zero-order valence-electron chi connectivity index (χ0n) is 36.3. The van der Waals surface area contributed by atoms with Gasteiger partial charge in [0.2, 0.25) is 0 Å². The van der Waals surface area contributed by atoms with Gasteiger partial charge in [0, 0.05) is 18.7 Å². The minimum atomic E-state index is -1.59. The number of rotatable bonds is 16. The Morgan fingerprint density at radius 2 is 0.785 bits per heavy atom. The first kappa shape index (κ1) is 77.5. The molecule has 0 fully saturated rings. The molecule has 0 atom stereocenters. The topological polar surface area (TPSA) is 208 Å². The van der Waals surface area contributed by atoms with Crippen molar-refractivity contribution in [1.82, 2.24) is 0 Å². The molecule has 65 heavy (non-hydrogen) atoms. The number of aromatic hydroxyl groups is 4. The van der Waals surface area contributed by atoms with Gasteiger partial charge in [-0.3, -0.25) is 0 Å². The van der Waals surface area contributed by atoms with E-state index in [1.807, 2.05) is 55.5 Å². The molecule has 0 bridgehead atoms. The first-order chi connectivity index (χ1) is 28.1. The Kier molecular flexibility index (Phi) is 58.1. The number of hydrogen-bond donors (Lipinski definition) is 8. The molecule has 0 aliphatic rings. The molecule has 0 saturated heterocycles. The molecule has 4 aromatic carbocycles. The van der Waals surface area contributed by atoms with E-state index in [0.29, 0.717) is 45.4 Å². The molecule has 0 amide bonds. The second kappa shape index (κ2) is 48.7. The van der Waals surface area contributed by atoms with Gasteiger partial charge in [0.05, 0.1) is 39.6 Å². The van der Waals surface area contributed by atoms with Crippen LogP contribution in [0.5, 0.6) is 46.0 Å². The molecule has 0 saturated carbocycles. The second-order valence-corrected chi connectivity index (χ2v) is 18.6. The van der Waals surface area contributed by atoms with E-state index in [9.17, 15) is 0 Å². The lowest BCUT2D eigenvalue weighted by molar-refractivity contribution is 0.189. The van der Waals surface area contributed by atoms with Crippen LogP contribution in [0.1, 0.15) is 105 Å². The third-order valence-electron chi connectivity index (χ3n) is 7.59. The summed E-state index contributed by atoms with van der Waals surface area (Å²) in [6.07, 6.45) is 2.83. The minimum Gasteiger partial charge on any atom is -0.508 e. The average molecular weight is 945 g/mol. The predicted octanol–water partition coefficient (Wildman–Crippen LogP) is 12.1. The molecule has 0 unspecified atom stereocenters. The van der Waals surface area contributed by atoms with Gasteiger partial charge in [-0.25, -0.2) is 0 Å². The lowest BCUT2D eigenvalue weighted by Gasteiger charge is -2.35. The smallest absolute Gasteiger partial charge is 0.192 e. The summed E-state index contributed by atoms with van der Waals surface area (Å²) in [7, 11) is -1.59. The Morgan fingerprint density at radius 1 is 0.431 bits per heavy atom. The molecule has 0 radical (unpaired) electrons. The van der Waals surface area contributed by atoms with Crippen LogP contribution in [0.4, 0.5) is 0 Å². The predicted molar refractivity (Wildman–Crippen MR) is 277 cm³/mol. The number of phenols is 4. The number of para-hydroxylation sites is 4. The number of aliphatic hydroxyl groups excluding tert-OH is 4. The fraction of sp³-hybridized carbons (Fsp3) is 0.529. The van der Waals surface area contributed by atoms with Crippen molar-refractivity contribution >= 4 is 8.32 Å². The van der Waals surface area contributed by atoms with Gasteiger partial charge in [0.25, 0.3) is 0 Å². The van der Waals surface area contributed by atoms with Gasteiger partial charge >= 0.3 is 0 Å².